The normalized spacial score (nSPS) is 11.7. The predicted molar refractivity (Wildman–Crippen MR) is 69.6 cm³/mol. The fraction of sp³-hybridized carbons (Fsp3) is 0.769. The van der Waals surface area contributed by atoms with E-state index in [4.69, 9.17) is 9.84 Å². The number of carboxylic acid groups (broad SMARTS) is 1. The molecule has 0 spiro atoms. The molecule has 6 nitrogen and oxygen atoms in total. The molecule has 110 valence electrons. The van der Waals surface area contributed by atoms with Crippen LogP contribution in [0, 0.1) is 0 Å². The van der Waals surface area contributed by atoms with Crippen molar-refractivity contribution >= 4 is 17.8 Å². The smallest absolute Gasteiger partial charge is 0.328 e. The molecule has 0 bridgehead atoms. The number of ether oxygens (including phenoxy) is 1. The number of esters is 1. The number of carbonyl (C=O) groups excluding carboxylic acids is 2. The average Bonchev–Trinajstić information content (AvgIpc) is 2.34. The van der Waals surface area contributed by atoms with Gasteiger partial charge >= 0.3 is 11.9 Å². The van der Waals surface area contributed by atoms with Crippen LogP contribution >= 0.6 is 0 Å². The van der Waals surface area contributed by atoms with E-state index in [0.717, 1.165) is 12.8 Å². The van der Waals surface area contributed by atoms with E-state index < -0.39 is 18.0 Å². The van der Waals surface area contributed by atoms with Crippen LogP contribution in [0.4, 0.5) is 0 Å². The predicted octanol–water partition coefficient (Wildman–Crippen LogP) is 1.48. The molecular formula is C13H23NO5. The van der Waals surface area contributed by atoms with Gasteiger partial charge in [0.05, 0.1) is 6.61 Å². The number of amides is 1. The Bertz CT molecular complexity index is 303. The highest BCUT2D eigenvalue weighted by Crippen LogP contribution is 2.03. The van der Waals surface area contributed by atoms with Gasteiger partial charge in [-0.05, 0) is 19.3 Å². The molecule has 0 aliphatic rings. The minimum Gasteiger partial charge on any atom is -0.481 e. The van der Waals surface area contributed by atoms with E-state index in [1.807, 2.05) is 13.8 Å². The van der Waals surface area contributed by atoms with Crippen LogP contribution in [-0.2, 0) is 19.1 Å². The van der Waals surface area contributed by atoms with E-state index in [0.29, 0.717) is 19.4 Å². The van der Waals surface area contributed by atoms with Crippen LogP contribution in [0.25, 0.3) is 0 Å². The van der Waals surface area contributed by atoms with Crippen molar-refractivity contribution in [3.8, 4) is 0 Å². The second-order valence-electron chi connectivity index (χ2n) is 4.32. The summed E-state index contributed by atoms with van der Waals surface area (Å²) in [6, 6.07) is -0.869. The lowest BCUT2D eigenvalue weighted by atomic mass is 10.1. The Kier molecular flexibility index (Phi) is 9.48. The third-order valence-corrected chi connectivity index (χ3v) is 2.49. The van der Waals surface area contributed by atoms with Crippen LogP contribution in [-0.4, -0.2) is 35.6 Å². The van der Waals surface area contributed by atoms with Crippen LogP contribution in [0.3, 0.4) is 0 Å². The van der Waals surface area contributed by atoms with Crippen LogP contribution < -0.4 is 5.32 Å². The van der Waals surface area contributed by atoms with Gasteiger partial charge in [-0.3, -0.25) is 9.59 Å². The maximum atomic E-state index is 11.7. The standard InChI is InChI=1S/C13H23NO5/c1-3-5-9-19-13(18)10(7-8-12(16)17)14-11(15)6-4-2/h10H,3-9H2,1-2H3,(H,14,15)(H,16,17). The van der Waals surface area contributed by atoms with Crippen LogP contribution in [0.15, 0.2) is 0 Å². The largest absolute Gasteiger partial charge is 0.481 e. The van der Waals surface area contributed by atoms with Crippen molar-refractivity contribution in [2.45, 2.75) is 58.4 Å². The summed E-state index contributed by atoms with van der Waals surface area (Å²) in [6.45, 7) is 4.12. The van der Waals surface area contributed by atoms with E-state index in [9.17, 15) is 14.4 Å². The Morgan fingerprint density at radius 3 is 2.37 bits per heavy atom. The van der Waals surface area contributed by atoms with Gasteiger partial charge in [0.2, 0.25) is 5.91 Å². The van der Waals surface area contributed by atoms with Crippen molar-refractivity contribution in [1.29, 1.82) is 0 Å². The Morgan fingerprint density at radius 2 is 1.84 bits per heavy atom. The van der Waals surface area contributed by atoms with Crippen LogP contribution in [0.1, 0.15) is 52.4 Å². The number of hydrogen-bond acceptors (Lipinski definition) is 4. The molecule has 0 saturated carbocycles. The first-order valence-corrected chi connectivity index (χ1v) is 6.69. The molecule has 0 radical (unpaired) electrons. The first-order chi connectivity index (χ1) is 9.01. The molecule has 2 N–H and O–H groups in total. The van der Waals surface area contributed by atoms with Gasteiger partial charge in [-0.15, -0.1) is 0 Å². The lowest BCUT2D eigenvalue weighted by Gasteiger charge is -2.16. The summed E-state index contributed by atoms with van der Waals surface area (Å²) in [5.74, 6) is -1.82. The molecular weight excluding hydrogens is 250 g/mol. The molecule has 6 heteroatoms. The molecule has 0 fully saturated rings. The minimum atomic E-state index is -1.00. The summed E-state index contributed by atoms with van der Waals surface area (Å²) in [5.41, 5.74) is 0. The van der Waals surface area contributed by atoms with Gasteiger partial charge in [0.25, 0.3) is 0 Å². The number of aliphatic carboxylic acids is 1. The molecule has 0 aromatic carbocycles. The average molecular weight is 273 g/mol. The van der Waals surface area contributed by atoms with Crippen molar-refractivity contribution in [3.05, 3.63) is 0 Å². The monoisotopic (exact) mass is 273 g/mol. The lowest BCUT2D eigenvalue weighted by molar-refractivity contribution is -0.148. The molecule has 0 heterocycles. The summed E-state index contributed by atoms with van der Waals surface area (Å²) >= 11 is 0. The summed E-state index contributed by atoms with van der Waals surface area (Å²) in [5, 5.41) is 11.2. The number of carboxylic acids is 1. The molecule has 1 atom stereocenters. The second kappa shape index (κ2) is 10.3. The quantitative estimate of drug-likeness (QED) is 0.464. The van der Waals surface area contributed by atoms with E-state index in [2.05, 4.69) is 5.32 Å². The molecule has 19 heavy (non-hydrogen) atoms. The summed E-state index contributed by atoms with van der Waals surface area (Å²) in [7, 11) is 0. The van der Waals surface area contributed by atoms with Crippen molar-refractivity contribution < 1.29 is 24.2 Å². The highest BCUT2D eigenvalue weighted by Gasteiger charge is 2.22. The number of rotatable bonds is 10. The van der Waals surface area contributed by atoms with Gasteiger partial charge in [-0.1, -0.05) is 20.3 Å². The van der Waals surface area contributed by atoms with E-state index in [1.165, 1.54) is 0 Å². The Balaban J connectivity index is 4.33. The zero-order valence-corrected chi connectivity index (χ0v) is 11.6. The zero-order chi connectivity index (χ0) is 14.7. The Morgan fingerprint density at radius 1 is 1.16 bits per heavy atom. The van der Waals surface area contributed by atoms with E-state index in [-0.39, 0.29) is 18.7 Å². The summed E-state index contributed by atoms with van der Waals surface area (Å²) in [6.07, 6.45) is 2.50. The first kappa shape index (κ1) is 17.4. The minimum absolute atomic E-state index is 0.0513. The van der Waals surface area contributed by atoms with Crippen LogP contribution in [0.2, 0.25) is 0 Å². The molecule has 0 aliphatic heterocycles. The molecule has 1 amide bonds. The van der Waals surface area contributed by atoms with Crippen molar-refractivity contribution in [3.63, 3.8) is 0 Å². The van der Waals surface area contributed by atoms with Gasteiger partial charge in [0.15, 0.2) is 0 Å². The Hall–Kier alpha value is -1.59. The highest BCUT2D eigenvalue weighted by atomic mass is 16.5. The van der Waals surface area contributed by atoms with Gasteiger partial charge in [-0.2, -0.15) is 0 Å². The molecule has 0 aromatic rings. The fourth-order valence-corrected chi connectivity index (χ4v) is 1.43. The third-order valence-electron chi connectivity index (χ3n) is 2.49. The zero-order valence-electron chi connectivity index (χ0n) is 11.6. The van der Waals surface area contributed by atoms with Gasteiger partial charge < -0.3 is 15.2 Å². The number of hydrogen-bond donors (Lipinski definition) is 2. The molecule has 1 unspecified atom stereocenters. The van der Waals surface area contributed by atoms with Gasteiger partial charge in [0.1, 0.15) is 6.04 Å². The molecule has 0 saturated heterocycles. The summed E-state index contributed by atoms with van der Waals surface area (Å²) < 4.78 is 5.01. The van der Waals surface area contributed by atoms with Crippen molar-refractivity contribution in [1.82, 2.24) is 5.32 Å². The van der Waals surface area contributed by atoms with Gasteiger partial charge in [0, 0.05) is 12.8 Å². The molecule has 0 aliphatic carbocycles. The first-order valence-electron chi connectivity index (χ1n) is 6.69. The lowest BCUT2D eigenvalue weighted by Crippen LogP contribution is -2.42. The van der Waals surface area contributed by atoms with Gasteiger partial charge in [-0.25, -0.2) is 4.79 Å². The van der Waals surface area contributed by atoms with E-state index in [1.54, 1.807) is 0 Å². The topological polar surface area (TPSA) is 92.7 Å². The van der Waals surface area contributed by atoms with E-state index >= 15 is 0 Å². The SMILES string of the molecule is CCCCOC(=O)C(CCC(=O)O)NC(=O)CCC. The fourth-order valence-electron chi connectivity index (χ4n) is 1.43. The number of unbranched alkanes of at least 4 members (excludes halogenated alkanes) is 1. The summed E-state index contributed by atoms with van der Waals surface area (Å²) in [4.78, 5) is 33.7. The molecule has 0 rings (SSSR count). The van der Waals surface area contributed by atoms with Crippen LogP contribution in [0.5, 0.6) is 0 Å². The highest BCUT2D eigenvalue weighted by molar-refractivity contribution is 5.84. The van der Waals surface area contributed by atoms with Crippen molar-refractivity contribution in [2.75, 3.05) is 6.61 Å². The maximum Gasteiger partial charge on any atom is 0.328 e. The maximum absolute atomic E-state index is 11.7. The Labute approximate surface area is 113 Å². The number of nitrogens with one attached hydrogen (secondary N) is 1. The molecule has 0 aromatic heterocycles. The number of carbonyl (C=O) groups is 3. The van der Waals surface area contributed by atoms with Crippen molar-refractivity contribution in [2.24, 2.45) is 0 Å². The third kappa shape index (κ3) is 9.04. The second-order valence-corrected chi connectivity index (χ2v) is 4.32.